The van der Waals surface area contributed by atoms with E-state index in [1.54, 1.807) is 42.5 Å². The van der Waals surface area contributed by atoms with Crippen molar-refractivity contribution in [1.82, 2.24) is 0 Å². The largest absolute Gasteiger partial charge is 0.423 e. The molecule has 0 aliphatic carbocycles. The highest BCUT2D eigenvalue weighted by atomic mass is 35.5. The molecule has 2 aromatic carbocycles. The van der Waals surface area contributed by atoms with Crippen LogP contribution in [0, 0.1) is 0 Å². The Morgan fingerprint density at radius 1 is 1.00 bits per heavy atom. The van der Waals surface area contributed by atoms with Crippen molar-refractivity contribution in [2.75, 3.05) is 0 Å². The molecule has 0 N–H and O–H groups in total. The fraction of sp³-hybridized carbons (Fsp3) is 0. The molecule has 2 aromatic rings. The molecule has 0 saturated carbocycles. The van der Waals surface area contributed by atoms with Crippen molar-refractivity contribution in [3.05, 3.63) is 77.3 Å². The Morgan fingerprint density at radius 2 is 1.61 bits per heavy atom. The Kier molecular flexibility index (Phi) is 3.80. The molecule has 0 heterocycles. The molecule has 0 fully saturated rings. The van der Waals surface area contributed by atoms with Crippen LogP contribution in [0.2, 0.25) is 5.02 Å². The van der Waals surface area contributed by atoms with Crippen LogP contribution < -0.4 is 0 Å². The van der Waals surface area contributed by atoms with Crippen LogP contribution in [0.3, 0.4) is 0 Å². The normalized spacial score (nSPS) is 9.83. The summed E-state index contributed by atoms with van der Waals surface area (Å²) >= 11 is 6.00. The number of rotatable bonds is 3. The van der Waals surface area contributed by atoms with Crippen LogP contribution in [0.15, 0.2) is 61.2 Å². The number of halogens is 1. The van der Waals surface area contributed by atoms with Crippen LogP contribution in [-0.2, 0) is 4.74 Å². The summed E-state index contributed by atoms with van der Waals surface area (Å²) < 4.78 is 5.19. The van der Waals surface area contributed by atoms with Crippen LogP contribution in [0.5, 0.6) is 0 Å². The topological polar surface area (TPSA) is 26.3 Å². The summed E-state index contributed by atoms with van der Waals surface area (Å²) in [5.74, 6) is -0.199. The molecule has 0 amide bonds. The molecule has 2 rings (SSSR count). The summed E-state index contributed by atoms with van der Waals surface area (Å²) in [4.78, 5) is 11.8. The van der Waals surface area contributed by atoms with Gasteiger partial charge in [-0.3, -0.25) is 0 Å². The number of carbonyl (C=O) groups is 1. The molecule has 0 atom stereocenters. The molecule has 0 saturated heterocycles. The first-order chi connectivity index (χ1) is 8.68. The van der Waals surface area contributed by atoms with E-state index in [1.807, 2.05) is 12.1 Å². The lowest BCUT2D eigenvalue weighted by Crippen LogP contribution is -2.04. The molecule has 0 aliphatic heterocycles. The van der Waals surface area contributed by atoms with Gasteiger partial charge in [-0.05, 0) is 24.3 Å². The Bertz CT molecular complexity index is 576. The van der Waals surface area contributed by atoms with E-state index in [1.165, 1.54) is 0 Å². The average molecular weight is 259 g/mol. The zero-order chi connectivity index (χ0) is 13.0. The van der Waals surface area contributed by atoms with E-state index >= 15 is 0 Å². The second-order valence-electron chi connectivity index (χ2n) is 3.66. The molecule has 2 nitrogen and oxygen atoms in total. The summed E-state index contributed by atoms with van der Waals surface area (Å²) in [6, 6.07) is 15.8. The highest BCUT2D eigenvalue weighted by Crippen LogP contribution is 2.23. The lowest BCUT2D eigenvalue weighted by atomic mass is 10.2. The smallest absolute Gasteiger partial charge is 0.343 e. The minimum Gasteiger partial charge on any atom is -0.423 e. The summed E-state index contributed by atoms with van der Waals surface area (Å²) in [5.41, 5.74) is 1.09. The van der Waals surface area contributed by atoms with E-state index in [0.717, 1.165) is 0 Å². The van der Waals surface area contributed by atoms with Crippen molar-refractivity contribution < 1.29 is 9.53 Å². The minimum absolute atomic E-state index is 0.245. The van der Waals surface area contributed by atoms with E-state index in [4.69, 9.17) is 16.3 Å². The molecule has 0 spiro atoms. The quantitative estimate of drug-likeness (QED) is 0.610. The summed E-state index contributed by atoms with van der Waals surface area (Å²) in [5, 5.41) is 0.503. The number of hydrogen-bond acceptors (Lipinski definition) is 2. The van der Waals surface area contributed by atoms with Crippen molar-refractivity contribution >= 4 is 23.3 Å². The summed E-state index contributed by atoms with van der Waals surface area (Å²) in [7, 11) is 0. The first-order valence-corrected chi connectivity index (χ1v) is 5.77. The van der Waals surface area contributed by atoms with Crippen molar-refractivity contribution in [3.63, 3.8) is 0 Å². The monoisotopic (exact) mass is 258 g/mol. The Hall–Kier alpha value is -2.06. The Labute approximate surface area is 110 Å². The number of ether oxygens (including phenoxy) is 1. The first-order valence-electron chi connectivity index (χ1n) is 5.39. The fourth-order valence-corrected chi connectivity index (χ4v) is 1.73. The van der Waals surface area contributed by atoms with Crippen molar-refractivity contribution in [2.24, 2.45) is 0 Å². The lowest BCUT2D eigenvalue weighted by molar-refractivity contribution is 0.0693. The van der Waals surface area contributed by atoms with Gasteiger partial charge < -0.3 is 4.74 Å². The molecule has 3 heteroatoms. The van der Waals surface area contributed by atoms with Gasteiger partial charge in [-0.25, -0.2) is 4.79 Å². The second-order valence-corrected chi connectivity index (χ2v) is 4.07. The summed E-state index contributed by atoms with van der Waals surface area (Å²) in [6.07, 6.45) is 0. The third-order valence-electron chi connectivity index (χ3n) is 2.40. The van der Waals surface area contributed by atoms with Gasteiger partial charge in [0.2, 0.25) is 0 Å². The van der Waals surface area contributed by atoms with Crippen LogP contribution in [0.4, 0.5) is 0 Å². The van der Waals surface area contributed by atoms with E-state index < -0.39 is 5.97 Å². The van der Waals surface area contributed by atoms with Crippen molar-refractivity contribution in [2.45, 2.75) is 0 Å². The van der Waals surface area contributed by atoms with E-state index in [0.29, 0.717) is 16.1 Å². The van der Waals surface area contributed by atoms with Gasteiger partial charge in [0.05, 0.1) is 10.6 Å². The van der Waals surface area contributed by atoms with Crippen LogP contribution >= 0.6 is 11.6 Å². The molecule has 0 radical (unpaired) electrons. The molecule has 0 unspecified atom stereocenters. The fourth-order valence-electron chi connectivity index (χ4n) is 1.49. The minimum atomic E-state index is -0.444. The molecule has 90 valence electrons. The van der Waals surface area contributed by atoms with E-state index in [2.05, 4.69) is 6.58 Å². The number of carbonyl (C=O) groups excluding carboxylic acids is 1. The molecule has 0 aliphatic rings. The molecule has 0 bridgehead atoms. The predicted octanol–water partition coefficient (Wildman–Crippen LogP) is 4.17. The van der Waals surface area contributed by atoms with E-state index in [9.17, 15) is 4.79 Å². The number of esters is 1. The van der Waals surface area contributed by atoms with Crippen LogP contribution in [-0.4, -0.2) is 5.97 Å². The van der Waals surface area contributed by atoms with Crippen LogP contribution in [0.1, 0.15) is 15.9 Å². The second kappa shape index (κ2) is 5.52. The Balaban J connectivity index is 2.14. The zero-order valence-corrected chi connectivity index (χ0v) is 10.4. The Morgan fingerprint density at radius 3 is 2.28 bits per heavy atom. The van der Waals surface area contributed by atoms with Gasteiger partial charge in [0.15, 0.2) is 0 Å². The maximum Gasteiger partial charge on any atom is 0.343 e. The highest BCUT2D eigenvalue weighted by Gasteiger charge is 2.11. The summed E-state index contributed by atoms with van der Waals surface area (Å²) in [6.45, 7) is 3.72. The molecular weight excluding hydrogens is 248 g/mol. The van der Waals surface area contributed by atoms with Crippen molar-refractivity contribution in [3.8, 4) is 0 Å². The highest BCUT2D eigenvalue weighted by molar-refractivity contribution is 6.32. The third kappa shape index (κ3) is 2.79. The molecule has 0 aromatic heterocycles. The van der Waals surface area contributed by atoms with Gasteiger partial charge in [0.25, 0.3) is 0 Å². The van der Waals surface area contributed by atoms with Gasteiger partial charge in [-0.2, -0.15) is 0 Å². The van der Waals surface area contributed by atoms with Gasteiger partial charge in [0.1, 0.15) is 5.76 Å². The molecule has 18 heavy (non-hydrogen) atoms. The standard InChI is InChI=1S/C15H11ClO2/c1-11(13-9-5-6-10-14(13)16)18-15(17)12-7-3-2-4-8-12/h2-10H,1H2. The maximum absolute atomic E-state index is 11.8. The van der Waals surface area contributed by atoms with Gasteiger partial charge in [-0.15, -0.1) is 0 Å². The van der Waals surface area contributed by atoms with E-state index in [-0.39, 0.29) is 5.76 Å². The zero-order valence-electron chi connectivity index (χ0n) is 9.60. The lowest BCUT2D eigenvalue weighted by Gasteiger charge is -2.08. The van der Waals surface area contributed by atoms with Crippen LogP contribution in [0.25, 0.3) is 5.76 Å². The first kappa shape index (κ1) is 12.4. The van der Waals surface area contributed by atoms with Gasteiger partial charge in [-0.1, -0.05) is 48.5 Å². The number of benzene rings is 2. The molecular formula is C15H11ClO2. The maximum atomic E-state index is 11.8. The SMILES string of the molecule is C=C(OC(=O)c1ccccc1)c1ccccc1Cl. The van der Waals surface area contributed by atoms with Gasteiger partial charge in [0, 0.05) is 5.56 Å². The average Bonchev–Trinajstić information content (AvgIpc) is 2.40. The van der Waals surface area contributed by atoms with Gasteiger partial charge >= 0.3 is 5.97 Å². The van der Waals surface area contributed by atoms with Crippen molar-refractivity contribution in [1.29, 1.82) is 0 Å². The third-order valence-corrected chi connectivity index (χ3v) is 2.73. The number of hydrogen-bond donors (Lipinski definition) is 0. The predicted molar refractivity (Wildman–Crippen MR) is 72.3 cm³/mol.